The fourth-order valence-electron chi connectivity index (χ4n) is 2.16. The SMILES string of the molecule is Cc1cc(CC(C)(C)CN)c2cccc(Cl)c2n1. The summed E-state index contributed by atoms with van der Waals surface area (Å²) < 4.78 is 0. The molecule has 1 aromatic carbocycles. The van der Waals surface area contributed by atoms with Crippen molar-refractivity contribution in [2.75, 3.05) is 6.54 Å². The maximum Gasteiger partial charge on any atom is 0.0894 e. The van der Waals surface area contributed by atoms with Gasteiger partial charge in [-0.2, -0.15) is 0 Å². The van der Waals surface area contributed by atoms with Crippen LogP contribution in [0.25, 0.3) is 10.9 Å². The molecule has 0 bridgehead atoms. The molecule has 0 radical (unpaired) electrons. The topological polar surface area (TPSA) is 38.9 Å². The number of hydrogen-bond donors (Lipinski definition) is 1. The highest BCUT2D eigenvalue weighted by Gasteiger charge is 2.18. The molecule has 0 spiro atoms. The van der Waals surface area contributed by atoms with Crippen molar-refractivity contribution < 1.29 is 0 Å². The van der Waals surface area contributed by atoms with Gasteiger partial charge in [0.05, 0.1) is 10.5 Å². The Kier molecular flexibility index (Phi) is 3.60. The minimum Gasteiger partial charge on any atom is -0.330 e. The van der Waals surface area contributed by atoms with Crippen LogP contribution in [0.1, 0.15) is 25.1 Å². The second-order valence-electron chi connectivity index (χ2n) is 5.60. The van der Waals surface area contributed by atoms with Crippen LogP contribution in [-0.4, -0.2) is 11.5 Å². The van der Waals surface area contributed by atoms with Crippen molar-refractivity contribution in [3.05, 3.63) is 40.5 Å². The first-order valence-corrected chi connectivity index (χ1v) is 6.55. The number of benzene rings is 1. The molecule has 0 aliphatic carbocycles. The molecule has 18 heavy (non-hydrogen) atoms. The van der Waals surface area contributed by atoms with Crippen LogP contribution in [-0.2, 0) is 6.42 Å². The number of aromatic nitrogens is 1. The van der Waals surface area contributed by atoms with E-state index < -0.39 is 0 Å². The lowest BCUT2D eigenvalue weighted by molar-refractivity contribution is 0.378. The Morgan fingerprint density at radius 3 is 2.72 bits per heavy atom. The molecule has 0 amide bonds. The first kappa shape index (κ1) is 13.3. The van der Waals surface area contributed by atoms with E-state index >= 15 is 0 Å². The van der Waals surface area contributed by atoms with Gasteiger partial charge in [-0.25, -0.2) is 0 Å². The fraction of sp³-hybridized carbons (Fsp3) is 0.400. The predicted octanol–water partition coefficient (Wildman–Crippen LogP) is 3.72. The van der Waals surface area contributed by atoms with E-state index in [9.17, 15) is 0 Å². The Balaban J connectivity index is 2.60. The molecule has 0 aliphatic rings. The Morgan fingerprint density at radius 1 is 1.33 bits per heavy atom. The van der Waals surface area contributed by atoms with Crippen molar-refractivity contribution in [2.45, 2.75) is 27.2 Å². The molecule has 3 heteroatoms. The Labute approximate surface area is 113 Å². The number of hydrogen-bond acceptors (Lipinski definition) is 2. The molecule has 2 nitrogen and oxygen atoms in total. The number of halogens is 1. The van der Waals surface area contributed by atoms with Crippen LogP contribution in [0.2, 0.25) is 5.02 Å². The molecule has 0 saturated carbocycles. The molecule has 96 valence electrons. The second-order valence-corrected chi connectivity index (χ2v) is 6.01. The van der Waals surface area contributed by atoms with Crippen molar-refractivity contribution in [1.29, 1.82) is 0 Å². The minimum atomic E-state index is 0.0864. The van der Waals surface area contributed by atoms with E-state index in [-0.39, 0.29) is 5.41 Å². The van der Waals surface area contributed by atoms with E-state index in [1.54, 1.807) is 0 Å². The van der Waals surface area contributed by atoms with Crippen molar-refractivity contribution >= 4 is 22.5 Å². The zero-order valence-electron chi connectivity index (χ0n) is 11.1. The third kappa shape index (κ3) is 2.65. The lowest BCUT2D eigenvalue weighted by atomic mass is 9.84. The maximum atomic E-state index is 6.22. The quantitative estimate of drug-likeness (QED) is 0.916. The van der Waals surface area contributed by atoms with Crippen molar-refractivity contribution in [2.24, 2.45) is 11.1 Å². The van der Waals surface area contributed by atoms with Gasteiger partial charge in [-0.1, -0.05) is 37.6 Å². The van der Waals surface area contributed by atoms with Gasteiger partial charge < -0.3 is 5.73 Å². The lowest BCUT2D eigenvalue weighted by Crippen LogP contribution is -2.26. The highest BCUT2D eigenvalue weighted by Crippen LogP contribution is 2.29. The van der Waals surface area contributed by atoms with Gasteiger partial charge in [-0.05, 0) is 43.0 Å². The number of aryl methyl sites for hydroxylation is 1. The molecule has 2 rings (SSSR count). The van der Waals surface area contributed by atoms with Crippen LogP contribution in [0.5, 0.6) is 0 Å². The Hall–Kier alpha value is -1.12. The maximum absolute atomic E-state index is 6.22. The summed E-state index contributed by atoms with van der Waals surface area (Å²) >= 11 is 6.22. The summed E-state index contributed by atoms with van der Waals surface area (Å²) in [6.07, 6.45) is 0.934. The summed E-state index contributed by atoms with van der Waals surface area (Å²) in [7, 11) is 0. The first-order valence-electron chi connectivity index (χ1n) is 6.18. The van der Waals surface area contributed by atoms with Crippen molar-refractivity contribution in [3.63, 3.8) is 0 Å². The van der Waals surface area contributed by atoms with Crippen LogP contribution in [0.15, 0.2) is 24.3 Å². The number of nitrogens with zero attached hydrogens (tertiary/aromatic N) is 1. The molecular weight excluding hydrogens is 244 g/mol. The smallest absolute Gasteiger partial charge is 0.0894 e. The predicted molar refractivity (Wildman–Crippen MR) is 78.0 cm³/mol. The normalized spacial score (nSPS) is 12.1. The van der Waals surface area contributed by atoms with Gasteiger partial charge in [-0.3, -0.25) is 4.98 Å². The van der Waals surface area contributed by atoms with E-state index in [0.717, 1.165) is 23.0 Å². The fourth-order valence-corrected chi connectivity index (χ4v) is 2.38. The van der Waals surface area contributed by atoms with Gasteiger partial charge in [0.2, 0.25) is 0 Å². The zero-order chi connectivity index (χ0) is 13.3. The molecule has 0 fully saturated rings. The molecule has 0 saturated heterocycles. The third-order valence-electron chi connectivity index (χ3n) is 3.23. The molecule has 2 aromatic rings. The monoisotopic (exact) mass is 262 g/mol. The molecule has 1 heterocycles. The lowest BCUT2D eigenvalue weighted by Gasteiger charge is -2.23. The van der Waals surface area contributed by atoms with Crippen LogP contribution in [0, 0.1) is 12.3 Å². The molecule has 0 aliphatic heterocycles. The molecule has 0 unspecified atom stereocenters. The summed E-state index contributed by atoms with van der Waals surface area (Å²) in [5.41, 5.74) is 9.07. The highest BCUT2D eigenvalue weighted by molar-refractivity contribution is 6.35. The van der Waals surface area contributed by atoms with E-state index in [1.807, 2.05) is 19.1 Å². The number of rotatable bonds is 3. The number of para-hydroxylation sites is 1. The van der Waals surface area contributed by atoms with Crippen molar-refractivity contribution in [3.8, 4) is 0 Å². The summed E-state index contributed by atoms with van der Waals surface area (Å²) in [5.74, 6) is 0. The van der Waals surface area contributed by atoms with Crippen LogP contribution >= 0.6 is 11.6 Å². The third-order valence-corrected chi connectivity index (χ3v) is 3.53. The van der Waals surface area contributed by atoms with Gasteiger partial charge in [-0.15, -0.1) is 0 Å². The average Bonchev–Trinajstić information content (AvgIpc) is 2.30. The minimum absolute atomic E-state index is 0.0864. The van der Waals surface area contributed by atoms with Crippen LogP contribution < -0.4 is 5.73 Å². The molecular formula is C15H19ClN2. The van der Waals surface area contributed by atoms with E-state index in [1.165, 1.54) is 5.56 Å². The zero-order valence-corrected chi connectivity index (χ0v) is 11.9. The van der Waals surface area contributed by atoms with Gasteiger partial charge >= 0.3 is 0 Å². The highest BCUT2D eigenvalue weighted by atomic mass is 35.5. The Bertz CT molecular complexity index is 576. The largest absolute Gasteiger partial charge is 0.330 e. The van der Waals surface area contributed by atoms with E-state index in [4.69, 9.17) is 17.3 Å². The van der Waals surface area contributed by atoms with Gasteiger partial charge in [0, 0.05) is 11.1 Å². The number of pyridine rings is 1. The van der Waals surface area contributed by atoms with Crippen LogP contribution in [0.4, 0.5) is 0 Å². The number of nitrogens with two attached hydrogens (primary N) is 1. The molecule has 1 aromatic heterocycles. The van der Waals surface area contributed by atoms with Gasteiger partial charge in [0.15, 0.2) is 0 Å². The standard InChI is InChI=1S/C15H19ClN2/c1-10-7-11(8-15(2,3)9-17)12-5-4-6-13(16)14(12)18-10/h4-7H,8-9,17H2,1-3H3. The summed E-state index contributed by atoms with van der Waals surface area (Å²) in [5, 5.41) is 1.85. The number of fused-ring (bicyclic) bond motifs is 1. The second kappa shape index (κ2) is 4.87. The first-order chi connectivity index (χ1) is 8.43. The average molecular weight is 263 g/mol. The molecule has 2 N–H and O–H groups in total. The molecule has 0 atom stereocenters. The summed E-state index contributed by atoms with van der Waals surface area (Å²) in [4.78, 5) is 4.53. The Morgan fingerprint density at radius 2 is 2.06 bits per heavy atom. The summed E-state index contributed by atoms with van der Waals surface area (Å²) in [6, 6.07) is 8.07. The van der Waals surface area contributed by atoms with E-state index in [0.29, 0.717) is 11.6 Å². The van der Waals surface area contributed by atoms with E-state index in [2.05, 4.69) is 31.0 Å². The van der Waals surface area contributed by atoms with Crippen molar-refractivity contribution in [1.82, 2.24) is 4.98 Å². The van der Waals surface area contributed by atoms with Gasteiger partial charge in [0.1, 0.15) is 0 Å². The van der Waals surface area contributed by atoms with Crippen LogP contribution in [0.3, 0.4) is 0 Å². The summed E-state index contributed by atoms with van der Waals surface area (Å²) in [6.45, 7) is 7.02. The van der Waals surface area contributed by atoms with Gasteiger partial charge in [0.25, 0.3) is 0 Å².